The molecule has 1 unspecified atom stereocenters. The quantitative estimate of drug-likeness (QED) is 0.709. The molecule has 1 heterocycles. The molecule has 2 atom stereocenters. The van der Waals surface area contributed by atoms with Crippen molar-refractivity contribution in [3.05, 3.63) is 0 Å². The van der Waals surface area contributed by atoms with Crippen LogP contribution in [0.2, 0.25) is 0 Å². The van der Waals surface area contributed by atoms with Crippen LogP contribution in [0.4, 0.5) is 0 Å². The summed E-state index contributed by atoms with van der Waals surface area (Å²) in [4.78, 5) is 14.4. The Labute approximate surface area is 106 Å². The van der Waals surface area contributed by atoms with Crippen LogP contribution in [0.15, 0.2) is 0 Å². The molecule has 0 spiro atoms. The third-order valence-electron chi connectivity index (χ3n) is 4.34. The molecule has 1 saturated carbocycles. The van der Waals surface area contributed by atoms with E-state index in [0.29, 0.717) is 19.1 Å². The minimum atomic E-state index is 0.130. The van der Waals surface area contributed by atoms with Gasteiger partial charge in [-0.15, -0.1) is 9.24 Å². The van der Waals surface area contributed by atoms with Gasteiger partial charge in [0.25, 0.3) is 0 Å². The largest absolute Gasteiger partial charge is 0.378 e. The van der Waals surface area contributed by atoms with Gasteiger partial charge in [0.15, 0.2) is 0 Å². The molecule has 1 saturated heterocycles. The summed E-state index contributed by atoms with van der Waals surface area (Å²) in [6.07, 6.45) is 6.22. The molecule has 0 N–H and O–H groups in total. The van der Waals surface area contributed by atoms with Crippen LogP contribution in [0, 0.1) is 5.92 Å². The van der Waals surface area contributed by atoms with Crippen molar-refractivity contribution in [1.82, 2.24) is 4.90 Å². The van der Waals surface area contributed by atoms with Crippen LogP contribution in [0.1, 0.15) is 39.0 Å². The van der Waals surface area contributed by atoms with E-state index in [9.17, 15) is 4.79 Å². The first-order valence-electron chi connectivity index (χ1n) is 6.79. The summed E-state index contributed by atoms with van der Waals surface area (Å²) in [6.45, 7) is 5.04. The van der Waals surface area contributed by atoms with Gasteiger partial charge >= 0.3 is 0 Å². The maximum absolute atomic E-state index is 12.5. The van der Waals surface area contributed by atoms with Crippen molar-refractivity contribution in [2.45, 2.75) is 44.2 Å². The number of morpholine rings is 1. The van der Waals surface area contributed by atoms with Crippen molar-refractivity contribution in [3.8, 4) is 0 Å². The van der Waals surface area contributed by atoms with Crippen LogP contribution in [0.5, 0.6) is 0 Å². The predicted octanol–water partition coefficient (Wildman–Crippen LogP) is 2.06. The summed E-state index contributed by atoms with van der Waals surface area (Å²) in [6, 6.07) is 0. The average Bonchev–Trinajstić information content (AvgIpc) is 2.39. The second-order valence-corrected chi connectivity index (χ2v) is 6.60. The fourth-order valence-electron chi connectivity index (χ4n) is 2.95. The SMILES string of the molecule is C[C@@H](C(=O)N1CCOCC1)C1(P)CCCCC1. The van der Waals surface area contributed by atoms with E-state index in [-0.39, 0.29) is 11.1 Å². The normalized spacial score (nSPS) is 26.6. The van der Waals surface area contributed by atoms with Crippen LogP contribution in [0.25, 0.3) is 0 Å². The molecule has 0 aromatic carbocycles. The Morgan fingerprint density at radius 3 is 2.41 bits per heavy atom. The van der Waals surface area contributed by atoms with Crippen molar-refractivity contribution in [2.24, 2.45) is 5.92 Å². The van der Waals surface area contributed by atoms with E-state index >= 15 is 0 Å². The first-order valence-corrected chi connectivity index (χ1v) is 7.37. The number of hydrogen-bond acceptors (Lipinski definition) is 2. The molecule has 1 amide bonds. The van der Waals surface area contributed by atoms with Crippen molar-refractivity contribution < 1.29 is 9.53 Å². The third-order valence-corrected chi connectivity index (χ3v) is 5.42. The summed E-state index contributed by atoms with van der Waals surface area (Å²) < 4.78 is 5.30. The summed E-state index contributed by atoms with van der Waals surface area (Å²) in [5.41, 5.74) is 0. The Kier molecular flexibility index (Phi) is 4.43. The number of amides is 1. The van der Waals surface area contributed by atoms with Crippen molar-refractivity contribution >= 4 is 15.1 Å². The van der Waals surface area contributed by atoms with E-state index in [4.69, 9.17) is 4.74 Å². The Bertz CT molecular complexity index is 271. The summed E-state index contributed by atoms with van der Waals surface area (Å²) >= 11 is 0. The van der Waals surface area contributed by atoms with Crippen LogP contribution in [-0.2, 0) is 9.53 Å². The van der Waals surface area contributed by atoms with Crippen LogP contribution < -0.4 is 0 Å². The molecule has 3 nitrogen and oxygen atoms in total. The third kappa shape index (κ3) is 3.00. The molecule has 4 heteroatoms. The fourth-order valence-corrected chi connectivity index (χ4v) is 3.50. The molecule has 1 aliphatic heterocycles. The van der Waals surface area contributed by atoms with Crippen molar-refractivity contribution in [2.75, 3.05) is 26.3 Å². The Balaban J connectivity index is 1.97. The molecule has 2 rings (SSSR count). The molecule has 98 valence electrons. The second-order valence-electron chi connectivity index (χ2n) is 5.45. The zero-order valence-corrected chi connectivity index (χ0v) is 11.9. The van der Waals surface area contributed by atoms with Gasteiger partial charge in [-0.05, 0) is 18.0 Å². The molecule has 2 fully saturated rings. The van der Waals surface area contributed by atoms with Gasteiger partial charge in [-0.3, -0.25) is 4.79 Å². The summed E-state index contributed by atoms with van der Waals surface area (Å²) in [5, 5.41) is 0.146. The zero-order chi connectivity index (χ0) is 12.3. The van der Waals surface area contributed by atoms with Gasteiger partial charge in [-0.1, -0.05) is 26.2 Å². The second kappa shape index (κ2) is 5.67. The predicted molar refractivity (Wildman–Crippen MR) is 72.1 cm³/mol. The number of hydrogen-bond donors (Lipinski definition) is 0. The molecule has 0 bridgehead atoms. The standard InChI is InChI=1S/C13H24NO2P/c1-11(13(17)5-3-2-4-6-13)12(15)14-7-9-16-10-8-14/h11H,2-10,17H2,1H3/t11-/m0/s1. The topological polar surface area (TPSA) is 29.5 Å². The molecule has 0 radical (unpaired) electrons. The Morgan fingerprint density at radius 2 is 1.82 bits per heavy atom. The van der Waals surface area contributed by atoms with Gasteiger partial charge in [0.2, 0.25) is 5.91 Å². The monoisotopic (exact) mass is 257 g/mol. The molecule has 17 heavy (non-hydrogen) atoms. The van der Waals surface area contributed by atoms with Gasteiger partial charge in [-0.25, -0.2) is 0 Å². The van der Waals surface area contributed by atoms with E-state index in [1.165, 1.54) is 32.1 Å². The van der Waals surface area contributed by atoms with E-state index in [1.807, 2.05) is 4.90 Å². The van der Waals surface area contributed by atoms with E-state index in [2.05, 4.69) is 16.2 Å². The lowest BCUT2D eigenvalue weighted by Crippen LogP contribution is -2.48. The maximum Gasteiger partial charge on any atom is 0.226 e. The fraction of sp³-hybridized carbons (Fsp3) is 0.923. The highest BCUT2D eigenvalue weighted by molar-refractivity contribution is 7.19. The lowest BCUT2D eigenvalue weighted by molar-refractivity contribution is -0.140. The zero-order valence-electron chi connectivity index (χ0n) is 10.8. The highest BCUT2D eigenvalue weighted by Gasteiger charge is 2.38. The minimum Gasteiger partial charge on any atom is -0.378 e. The summed E-state index contributed by atoms with van der Waals surface area (Å²) in [7, 11) is 2.99. The lowest BCUT2D eigenvalue weighted by Gasteiger charge is -2.40. The van der Waals surface area contributed by atoms with Gasteiger partial charge in [-0.2, -0.15) is 0 Å². The lowest BCUT2D eigenvalue weighted by atomic mass is 9.79. The highest BCUT2D eigenvalue weighted by Crippen LogP contribution is 2.42. The van der Waals surface area contributed by atoms with Crippen LogP contribution >= 0.6 is 9.24 Å². The van der Waals surface area contributed by atoms with Gasteiger partial charge in [0.05, 0.1) is 13.2 Å². The van der Waals surface area contributed by atoms with E-state index in [1.54, 1.807) is 0 Å². The number of nitrogens with zero attached hydrogens (tertiary/aromatic N) is 1. The van der Waals surface area contributed by atoms with Crippen molar-refractivity contribution in [3.63, 3.8) is 0 Å². The highest BCUT2D eigenvalue weighted by atomic mass is 31.0. The molecule has 1 aliphatic carbocycles. The Hall–Kier alpha value is -0.140. The van der Waals surface area contributed by atoms with Crippen LogP contribution in [0.3, 0.4) is 0 Å². The minimum absolute atomic E-state index is 0.130. The number of rotatable bonds is 2. The van der Waals surface area contributed by atoms with Gasteiger partial charge < -0.3 is 9.64 Å². The van der Waals surface area contributed by atoms with E-state index < -0.39 is 0 Å². The summed E-state index contributed by atoms with van der Waals surface area (Å²) in [5.74, 6) is 0.455. The molecular weight excluding hydrogens is 233 g/mol. The number of carbonyl (C=O) groups is 1. The maximum atomic E-state index is 12.5. The van der Waals surface area contributed by atoms with Gasteiger partial charge in [0, 0.05) is 19.0 Å². The smallest absolute Gasteiger partial charge is 0.226 e. The molecule has 0 aromatic heterocycles. The molecular formula is C13H24NO2P. The number of ether oxygens (including phenoxy) is 1. The Morgan fingerprint density at radius 1 is 1.24 bits per heavy atom. The average molecular weight is 257 g/mol. The molecule has 0 aromatic rings. The van der Waals surface area contributed by atoms with Crippen LogP contribution in [-0.4, -0.2) is 42.3 Å². The number of carbonyl (C=O) groups excluding carboxylic acids is 1. The van der Waals surface area contributed by atoms with E-state index in [0.717, 1.165) is 13.1 Å². The first-order chi connectivity index (χ1) is 8.13. The molecule has 2 aliphatic rings. The first kappa shape index (κ1) is 13.3. The van der Waals surface area contributed by atoms with Gasteiger partial charge in [0.1, 0.15) is 0 Å². The van der Waals surface area contributed by atoms with Crippen molar-refractivity contribution in [1.29, 1.82) is 0 Å².